The summed E-state index contributed by atoms with van der Waals surface area (Å²) < 4.78 is 29.7. The minimum Gasteiger partial charge on any atom is -0.808 e. The summed E-state index contributed by atoms with van der Waals surface area (Å²) in [5, 5.41) is 0.879. The van der Waals surface area contributed by atoms with Crippen molar-refractivity contribution in [2.75, 3.05) is 0 Å². The molecule has 0 saturated carbocycles. The van der Waals surface area contributed by atoms with E-state index in [0.717, 1.165) is 0 Å². The minimum atomic E-state index is -4.25. The Balaban J connectivity index is 1.89. The molecule has 31 heavy (non-hydrogen) atoms. The van der Waals surface area contributed by atoms with E-state index in [4.69, 9.17) is 9.05 Å². The van der Waals surface area contributed by atoms with E-state index < -0.39 is 15.0 Å². The summed E-state index contributed by atoms with van der Waals surface area (Å²) in [5.41, 5.74) is 0. The Morgan fingerprint density at radius 1 is 0.548 bits per heavy atom. The van der Waals surface area contributed by atoms with Crippen LogP contribution in [0.3, 0.4) is 0 Å². The first-order valence-corrected chi connectivity index (χ1v) is 12.8. The maximum absolute atomic E-state index is 14.3. The Kier molecular flexibility index (Phi) is 6.39. The van der Waals surface area contributed by atoms with Crippen molar-refractivity contribution >= 4 is 25.6 Å². The van der Waals surface area contributed by atoms with Gasteiger partial charge in [-0.05, 0) is 42.2 Å². The van der Waals surface area contributed by atoms with Gasteiger partial charge in [-0.25, -0.2) is 4.57 Å². The number of benzene rings is 4. The van der Waals surface area contributed by atoms with Gasteiger partial charge in [0.2, 0.25) is 0 Å². The Labute approximate surface area is 181 Å². The van der Waals surface area contributed by atoms with Gasteiger partial charge in [0.05, 0.1) is 0 Å². The smallest absolute Gasteiger partial charge is 0.561 e. The molecule has 4 rings (SSSR count). The second kappa shape index (κ2) is 9.36. The molecule has 0 aliphatic carbocycles. The fraction of sp³-hybridized carbons (Fsp3) is 0. The van der Waals surface area contributed by atoms with E-state index in [1.165, 1.54) is 0 Å². The van der Waals surface area contributed by atoms with Crippen molar-refractivity contribution in [1.82, 2.24) is 0 Å². The molecule has 0 aromatic heterocycles. The summed E-state index contributed by atoms with van der Waals surface area (Å²) in [4.78, 5) is 14.3. The van der Waals surface area contributed by atoms with Crippen LogP contribution in [-0.2, 0) is 4.57 Å². The molecule has 0 saturated heterocycles. The first-order chi connectivity index (χ1) is 15.1. The van der Waals surface area contributed by atoms with Crippen molar-refractivity contribution in [3.63, 3.8) is 0 Å². The number of para-hydroxylation sites is 2. The highest BCUT2D eigenvalue weighted by Gasteiger charge is 2.31. The Morgan fingerprint density at radius 3 is 1.23 bits per heavy atom. The molecule has 0 bridgehead atoms. The number of hydrogen-bond donors (Lipinski definition) is 0. The highest BCUT2D eigenvalue weighted by molar-refractivity contribution is 7.79. The lowest BCUT2D eigenvalue weighted by atomic mass is 10.3. The lowest BCUT2D eigenvalue weighted by Gasteiger charge is -2.33. The van der Waals surface area contributed by atoms with E-state index >= 15 is 0 Å². The van der Waals surface area contributed by atoms with E-state index in [-0.39, 0.29) is 0 Å². The highest BCUT2D eigenvalue weighted by Crippen LogP contribution is 2.58. The van der Waals surface area contributed by atoms with Gasteiger partial charge < -0.3 is 13.9 Å². The van der Waals surface area contributed by atoms with E-state index in [0.29, 0.717) is 22.1 Å². The zero-order valence-corrected chi connectivity index (χ0v) is 18.3. The van der Waals surface area contributed by atoms with Gasteiger partial charge in [0.15, 0.2) is 0 Å². The monoisotopic (exact) mass is 448 g/mol. The van der Waals surface area contributed by atoms with Crippen LogP contribution in [0.1, 0.15) is 0 Å². The van der Waals surface area contributed by atoms with Gasteiger partial charge >= 0.3 is 7.75 Å². The molecule has 4 aromatic carbocycles. The third-order valence-electron chi connectivity index (χ3n) is 4.38. The molecule has 0 atom stereocenters. The lowest BCUT2D eigenvalue weighted by molar-refractivity contribution is -0.158. The van der Waals surface area contributed by atoms with Gasteiger partial charge in [0, 0.05) is 0 Å². The third-order valence-corrected chi connectivity index (χ3v) is 9.14. The first kappa shape index (κ1) is 21.1. The minimum absolute atomic E-state index is 0.304. The fourth-order valence-electron chi connectivity index (χ4n) is 2.95. The molecule has 0 unspecified atom stereocenters. The van der Waals surface area contributed by atoms with Crippen molar-refractivity contribution < 1.29 is 18.5 Å². The predicted molar refractivity (Wildman–Crippen MR) is 123 cm³/mol. The van der Waals surface area contributed by atoms with Gasteiger partial charge in [-0.1, -0.05) is 97.1 Å². The van der Waals surface area contributed by atoms with Crippen LogP contribution >= 0.6 is 15.0 Å². The number of rotatable bonds is 7. The van der Waals surface area contributed by atoms with Crippen LogP contribution in [0.4, 0.5) is 0 Å². The Hall–Kier alpha value is -3.10. The molecule has 156 valence electrons. The normalized spacial score (nSPS) is 11.5. The van der Waals surface area contributed by atoms with Crippen molar-refractivity contribution in [3.8, 4) is 11.5 Å². The molecule has 0 aliphatic heterocycles. The zero-order chi connectivity index (χ0) is 21.6. The maximum Gasteiger partial charge on any atom is 0.561 e. The average Bonchev–Trinajstić information content (AvgIpc) is 2.81. The molecular formula is C24H20NO4P2-. The first-order valence-electron chi connectivity index (χ1n) is 9.63. The SMILES string of the molecule is O=P(N=P([O-])(c1ccccc1)c1ccccc1)(Oc1ccccc1)Oc1ccccc1. The van der Waals surface area contributed by atoms with Crippen LogP contribution in [-0.4, -0.2) is 0 Å². The van der Waals surface area contributed by atoms with Crippen molar-refractivity contribution in [3.05, 3.63) is 121 Å². The molecule has 0 N–H and O–H groups in total. The lowest BCUT2D eigenvalue weighted by Crippen LogP contribution is -2.25. The van der Waals surface area contributed by atoms with Crippen molar-refractivity contribution in [1.29, 1.82) is 0 Å². The summed E-state index contributed by atoms with van der Waals surface area (Å²) in [7, 11) is -7.96. The van der Waals surface area contributed by atoms with Crippen LogP contribution < -0.4 is 24.5 Å². The fourth-order valence-corrected chi connectivity index (χ4v) is 7.57. The summed E-state index contributed by atoms with van der Waals surface area (Å²) in [5.74, 6) is 0.608. The molecule has 5 nitrogen and oxygen atoms in total. The van der Waals surface area contributed by atoms with Crippen LogP contribution in [0, 0.1) is 0 Å². The number of nitrogens with zero attached hydrogens (tertiary/aromatic N) is 1. The van der Waals surface area contributed by atoms with Gasteiger partial charge in [0.25, 0.3) is 0 Å². The summed E-state index contributed by atoms with van der Waals surface area (Å²) in [6.45, 7) is 0. The summed E-state index contributed by atoms with van der Waals surface area (Å²) in [6, 6.07) is 34.7. The second-order valence-electron chi connectivity index (χ2n) is 6.61. The topological polar surface area (TPSA) is 71.0 Å². The highest BCUT2D eigenvalue weighted by atomic mass is 31.2. The van der Waals surface area contributed by atoms with Crippen LogP contribution in [0.25, 0.3) is 0 Å². The molecule has 0 spiro atoms. The van der Waals surface area contributed by atoms with Gasteiger partial charge in [-0.15, -0.1) is 0 Å². The van der Waals surface area contributed by atoms with E-state index in [1.54, 1.807) is 97.1 Å². The van der Waals surface area contributed by atoms with Crippen molar-refractivity contribution in [2.24, 2.45) is 4.52 Å². The summed E-state index contributed by atoms with van der Waals surface area (Å²) in [6.07, 6.45) is 0. The largest absolute Gasteiger partial charge is 0.808 e. The van der Waals surface area contributed by atoms with Gasteiger partial charge in [-0.3, -0.25) is 0 Å². The van der Waals surface area contributed by atoms with Gasteiger partial charge in [-0.2, -0.15) is 4.52 Å². The molecular weight excluding hydrogens is 428 g/mol. The van der Waals surface area contributed by atoms with Gasteiger partial charge in [0.1, 0.15) is 11.5 Å². The quantitative estimate of drug-likeness (QED) is 0.356. The standard InChI is InChI=1S/C24H20NO4P2/c26-30(23-17-9-3-10-18-23,24-19-11-4-12-20-24)25-31(27,28-21-13-5-1-6-14-21)29-22-15-7-2-8-16-22/h1-20H/q-1. The predicted octanol–water partition coefficient (Wildman–Crippen LogP) is 5.38. The van der Waals surface area contributed by atoms with Crippen LogP contribution in [0.5, 0.6) is 11.5 Å². The average molecular weight is 448 g/mol. The zero-order valence-electron chi connectivity index (χ0n) is 16.5. The second-order valence-corrected chi connectivity index (χ2v) is 10.8. The summed E-state index contributed by atoms with van der Waals surface area (Å²) >= 11 is 0. The molecule has 7 heteroatoms. The molecule has 4 aromatic rings. The maximum atomic E-state index is 14.3. The third kappa shape index (κ3) is 5.15. The molecule has 0 radical (unpaired) electrons. The van der Waals surface area contributed by atoms with E-state index in [9.17, 15) is 9.46 Å². The van der Waals surface area contributed by atoms with Crippen LogP contribution in [0.2, 0.25) is 0 Å². The molecule has 0 fully saturated rings. The molecule has 0 amide bonds. The van der Waals surface area contributed by atoms with Crippen molar-refractivity contribution in [2.45, 2.75) is 0 Å². The number of hydrogen-bond acceptors (Lipinski definition) is 4. The van der Waals surface area contributed by atoms with Crippen LogP contribution in [0.15, 0.2) is 126 Å². The van der Waals surface area contributed by atoms with E-state index in [1.807, 2.05) is 24.3 Å². The Morgan fingerprint density at radius 2 is 0.871 bits per heavy atom. The Bertz CT molecular complexity index is 1130. The molecule has 0 aliphatic rings. The van der Waals surface area contributed by atoms with E-state index in [2.05, 4.69) is 4.52 Å². The molecule has 0 heterocycles.